The van der Waals surface area contributed by atoms with Crippen LogP contribution in [0.2, 0.25) is 0 Å². The van der Waals surface area contributed by atoms with Gasteiger partial charge in [0.1, 0.15) is 0 Å². The van der Waals surface area contributed by atoms with E-state index in [-0.39, 0.29) is 6.10 Å². The molecule has 3 atom stereocenters. The van der Waals surface area contributed by atoms with Gasteiger partial charge in [-0.15, -0.1) is 0 Å². The van der Waals surface area contributed by atoms with Crippen LogP contribution in [0.1, 0.15) is 63.9 Å². The fourth-order valence-corrected chi connectivity index (χ4v) is 3.56. The van der Waals surface area contributed by atoms with Crippen molar-refractivity contribution in [3.05, 3.63) is 35.9 Å². The first-order chi connectivity index (χ1) is 9.24. The minimum Gasteiger partial charge on any atom is -0.392 e. The lowest BCUT2D eigenvalue weighted by molar-refractivity contribution is 0.0430. The topological polar surface area (TPSA) is 20.2 Å². The van der Waals surface area contributed by atoms with E-state index in [0.29, 0.717) is 17.8 Å². The van der Waals surface area contributed by atoms with Crippen LogP contribution in [0.15, 0.2) is 30.3 Å². The van der Waals surface area contributed by atoms with Gasteiger partial charge < -0.3 is 5.11 Å². The van der Waals surface area contributed by atoms with Gasteiger partial charge in [-0.25, -0.2) is 0 Å². The molecule has 1 aromatic carbocycles. The molecule has 1 aliphatic carbocycles. The predicted molar refractivity (Wildman–Crippen MR) is 81.2 cm³/mol. The van der Waals surface area contributed by atoms with E-state index in [1.165, 1.54) is 37.7 Å². The van der Waals surface area contributed by atoms with Crippen molar-refractivity contribution >= 4 is 0 Å². The third-order valence-corrected chi connectivity index (χ3v) is 4.94. The molecule has 0 aromatic heterocycles. The Kier molecular flexibility index (Phi) is 5.45. The van der Waals surface area contributed by atoms with Crippen molar-refractivity contribution in [2.45, 2.75) is 64.4 Å². The van der Waals surface area contributed by atoms with Crippen LogP contribution in [0.5, 0.6) is 0 Å². The van der Waals surface area contributed by atoms with E-state index in [9.17, 15) is 5.11 Å². The van der Waals surface area contributed by atoms with Crippen LogP contribution in [0.25, 0.3) is 0 Å². The molecule has 106 valence electrons. The summed E-state index contributed by atoms with van der Waals surface area (Å²) >= 11 is 0. The highest BCUT2D eigenvalue weighted by atomic mass is 16.3. The van der Waals surface area contributed by atoms with E-state index in [1.807, 2.05) is 0 Å². The Labute approximate surface area is 118 Å². The van der Waals surface area contributed by atoms with Crippen LogP contribution in [-0.2, 0) is 0 Å². The zero-order valence-electron chi connectivity index (χ0n) is 12.4. The third-order valence-electron chi connectivity index (χ3n) is 4.94. The number of hydrogen-bond donors (Lipinski definition) is 1. The summed E-state index contributed by atoms with van der Waals surface area (Å²) in [5.74, 6) is 1.35. The molecule has 0 amide bonds. The Hall–Kier alpha value is -0.820. The van der Waals surface area contributed by atoms with Gasteiger partial charge in [0.15, 0.2) is 0 Å². The molecule has 2 rings (SSSR count). The quantitative estimate of drug-likeness (QED) is 0.809. The minimum atomic E-state index is -0.169. The van der Waals surface area contributed by atoms with Gasteiger partial charge in [0.25, 0.3) is 0 Å². The average molecular weight is 260 g/mol. The number of rotatable bonds is 5. The Morgan fingerprint density at radius 2 is 1.74 bits per heavy atom. The van der Waals surface area contributed by atoms with E-state index in [1.54, 1.807) is 0 Å². The van der Waals surface area contributed by atoms with Crippen LogP contribution in [-0.4, -0.2) is 11.2 Å². The summed E-state index contributed by atoms with van der Waals surface area (Å²) in [5.41, 5.74) is 1.31. The van der Waals surface area contributed by atoms with E-state index in [4.69, 9.17) is 0 Å². The molecule has 0 saturated heterocycles. The molecule has 0 bridgehead atoms. The molecule has 0 heterocycles. The van der Waals surface area contributed by atoms with Gasteiger partial charge in [-0.2, -0.15) is 0 Å². The smallest absolute Gasteiger partial charge is 0.0639 e. The molecule has 1 heteroatoms. The van der Waals surface area contributed by atoms with Crippen molar-refractivity contribution in [3.63, 3.8) is 0 Å². The molecular formula is C18H28O. The van der Waals surface area contributed by atoms with E-state index in [2.05, 4.69) is 44.2 Å². The van der Waals surface area contributed by atoms with E-state index in [0.717, 1.165) is 6.42 Å². The lowest BCUT2D eigenvalue weighted by Crippen LogP contribution is -2.32. The fourth-order valence-electron chi connectivity index (χ4n) is 3.56. The molecule has 1 N–H and O–H groups in total. The fraction of sp³-hybridized carbons (Fsp3) is 0.667. The van der Waals surface area contributed by atoms with Gasteiger partial charge in [0, 0.05) is 5.92 Å². The standard InChI is InChI=1S/C18H28O/c1-3-14(2)17(15-10-6-4-7-11-15)18(19)16-12-8-5-9-13-16/h4,6-7,10-11,14,16-19H,3,5,8-9,12-13H2,1-2H3. The molecule has 19 heavy (non-hydrogen) atoms. The molecule has 1 saturated carbocycles. The average Bonchev–Trinajstić information content (AvgIpc) is 2.49. The van der Waals surface area contributed by atoms with Gasteiger partial charge in [-0.3, -0.25) is 0 Å². The van der Waals surface area contributed by atoms with Crippen LogP contribution >= 0.6 is 0 Å². The molecule has 1 aromatic rings. The second-order valence-electron chi connectivity index (χ2n) is 6.21. The second-order valence-corrected chi connectivity index (χ2v) is 6.21. The molecular weight excluding hydrogens is 232 g/mol. The van der Waals surface area contributed by atoms with Crippen molar-refractivity contribution in [2.75, 3.05) is 0 Å². The normalized spacial score (nSPS) is 21.8. The summed E-state index contributed by atoms with van der Waals surface area (Å²) in [6.45, 7) is 4.51. The molecule has 1 fully saturated rings. The maximum Gasteiger partial charge on any atom is 0.0639 e. The second kappa shape index (κ2) is 7.09. The number of hydrogen-bond acceptors (Lipinski definition) is 1. The highest BCUT2D eigenvalue weighted by Gasteiger charge is 2.32. The van der Waals surface area contributed by atoms with Crippen molar-refractivity contribution in [2.24, 2.45) is 11.8 Å². The first kappa shape index (κ1) is 14.6. The zero-order chi connectivity index (χ0) is 13.7. The Morgan fingerprint density at radius 3 is 2.32 bits per heavy atom. The van der Waals surface area contributed by atoms with E-state index >= 15 is 0 Å². The number of aliphatic hydroxyl groups is 1. The monoisotopic (exact) mass is 260 g/mol. The van der Waals surface area contributed by atoms with Crippen LogP contribution < -0.4 is 0 Å². The maximum atomic E-state index is 10.9. The summed E-state index contributed by atoms with van der Waals surface area (Å²) in [6.07, 6.45) is 7.32. The zero-order valence-corrected chi connectivity index (χ0v) is 12.4. The largest absolute Gasteiger partial charge is 0.392 e. The highest BCUT2D eigenvalue weighted by molar-refractivity contribution is 5.22. The Morgan fingerprint density at radius 1 is 1.11 bits per heavy atom. The van der Waals surface area contributed by atoms with Gasteiger partial charge in [0.2, 0.25) is 0 Å². The summed E-state index contributed by atoms with van der Waals surface area (Å²) in [7, 11) is 0. The van der Waals surface area contributed by atoms with E-state index < -0.39 is 0 Å². The van der Waals surface area contributed by atoms with Crippen LogP contribution in [0.4, 0.5) is 0 Å². The lowest BCUT2D eigenvalue weighted by Gasteiger charge is -2.35. The summed E-state index contributed by atoms with van der Waals surface area (Å²) in [5, 5.41) is 10.9. The Balaban J connectivity index is 2.17. The molecule has 1 aliphatic rings. The minimum absolute atomic E-state index is 0.169. The molecule has 0 aliphatic heterocycles. The molecule has 3 unspecified atom stereocenters. The molecule has 1 nitrogen and oxygen atoms in total. The number of aliphatic hydroxyl groups excluding tert-OH is 1. The van der Waals surface area contributed by atoms with Crippen molar-refractivity contribution in [1.29, 1.82) is 0 Å². The van der Waals surface area contributed by atoms with Gasteiger partial charge in [0.05, 0.1) is 6.10 Å². The van der Waals surface area contributed by atoms with Gasteiger partial charge in [-0.05, 0) is 30.2 Å². The van der Waals surface area contributed by atoms with Crippen molar-refractivity contribution in [1.82, 2.24) is 0 Å². The predicted octanol–water partition coefficient (Wildman–Crippen LogP) is 4.76. The van der Waals surface area contributed by atoms with Crippen molar-refractivity contribution < 1.29 is 5.11 Å². The summed E-state index contributed by atoms with van der Waals surface area (Å²) < 4.78 is 0. The van der Waals surface area contributed by atoms with Crippen LogP contribution in [0, 0.1) is 11.8 Å². The first-order valence-electron chi connectivity index (χ1n) is 7.97. The first-order valence-corrected chi connectivity index (χ1v) is 7.97. The summed E-state index contributed by atoms with van der Waals surface area (Å²) in [6, 6.07) is 10.6. The summed E-state index contributed by atoms with van der Waals surface area (Å²) in [4.78, 5) is 0. The maximum absolute atomic E-state index is 10.9. The van der Waals surface area contributed by atoms with Crippen molar-refractivity contribution in [3.8, 4) is 0 Å². The Bertz CT molecular complexity index is 353. The highest BCUT2D eigenvalue weighted by Crippen LogP contribution is 2.38. The van der Waals surface area contributed by atoms with Gasteiger partial charge in [-0.1, -0.05) is 69.9 Å². The third kappa shape index (κ3) is 3.60. The molecule has 0 spiro atoms. The SMILES string of the molecule is CCC(C)C(c1ccccc1)C(O)C1CCCCC1. The lowest BCUT2D eigenvalue weighted by atomic mass is 9.73. The number of benzene rings is 1. The van der Waals surface area contributed by atoms with Crippen LogP contribution in [0.3, 0.4) is 0 Å². The van der Waals surface area contributed by atoms with Gasteiger partial charge >= 0.3 is 0 Å². The molecule has 0 radical (unpaired) electrons.